The van der Waals surface area contributed by atoms with Gasteiger partial charge in [-0.1, -0.05) is 6.92 Å². The first-order chi connectivity index (χ1) is 11.7. The van der Waals surface area contributed by atoms with Crippen LogP contribution >= 0.6 is 0 Å². The number of fused-ring (bicyclic) bond motifs is 1. The van der Waals surface area contributed by atoms with E-state index in [0.717, 1.165) is 57.4 Å². The van der Waals surface area contributed by atoms with Crippen molar-refractivity contribution < 1.29 is 9.47 Å². The van der Waals surface area contributed by atoms with E-state index in [4.69, 9.17) is 9.47 Å². The largest absolute Gasteiger partial charge is 0.348 e. The Bertz CT molecular complexity index is 771. The molecule has 24 heavy (non-hydrogen) atoms. The molecule has 2 heterocycles. The van der Waals surface area contributed by atoms with Crippen molar-refractivity contribution in [1.82, 2.24) is 4.57 Å². The SMILES string of the molecule is CCCn1cc(C2CCC3(CC2)OCCO3)c2cc(C#N)ccc21. The Hall–Kier alpha value is -1.83. The van der Waals surface area contributed by atoms with Gasteiger partial charge in [0.05, 0.1) is 24.8 Å². The summed E-state index contributed by atoms with van der Waals surface area (Å²) in [4.78, 5) is 0. The highest BCUT2D eigenvalue weighted by molar-refractivity contribution is 5.86. The maximum absolute atomic E-state index is 9.26. The summed E-state index contributed by atoms with van der Waals surface area (Å²) in [5, 5.41) is 10.5. The third-order valence-electron chi connectivity index (χ3n) is 5.51. The highest BCUT2D eigenvalue weighted by Gasteiger charge is 2.41. The molecule has 0 bridgehead atoms. The summed E-state index contributed by atoms with van der Waals surface area (Å²) in [5.41, 5.74) is 3.38. The van der Waals surface area contributed by atoms with Crippen LogP contribution < -0.4 is 0 Å². The lowest BCUT2D eigenvalue weighted by molar-refractivity contribution is -0.178. The Balaban J connectivity index is 1.67. The molecule has 0 amide bonds. The van der Waals surface area contributed by atoms with Gasteiger partial charge in [0.25, 0.3) is 0 Å². The molecule has 2 fully saturated rings. The summed E-state index contributed by atoms with van der Waals surface area (Å²) < 4.78 is 14.1. The van der Waals surface area contributed by atoms with Gasteiger partial charge in [0.1, 0.15) is 0 Å². The number of nitriles is 1. The van der Waals surface area contributed by atoms with Crippen LogP contribution in [0.2, 0.25) is 0 Å². The van der Waals surface area contributed by atoms with Crippen LogP contribution in [0.15, 0.2) is 24.4 Å². The van der Waals surface area contributed by atoms with Crippen LogP contribution in [0.25, 0.3) is 10.9 Å². The molecule has 4 heteroatoms. The highest BCUT2D eigenvalue weighted by atomic mass is 16.7. The van der Waals surface area contributed by atoms with E-state index in [0.29, 0.717) is 5.92 Å². The number of rotatable bonds is 3. The summed E-state index contributed by atoms with van der Waals surface area (Å²) in [6.45, 7) is 4.68. The predicted molar refractivity (Wildman–Crippen MR) is 92.8 cm³/mol. The number of hydrogen-bond donors (Lipinski definition) is 0. The van der Waals surface area contributed by atoms with Crippen molar-refractivity contribution in [3.05, 3.63) is 35.5 Å². The number of aryl methyl sites for hydroxylation is 1. The first kappa shape index (κ1) is 15.7. The van der Waals surface area contributed by atoms with E-state index in [1.807, 2.05) is 6.07 Å². The molecule has 1 aromatic carbocycles. The van der Waals surface area contributed by atoms with Crippen LogP contribution in [0.5, 0.6) is 0 Å². The molecule has 1 saturated carbocycles. The Labute approximate surface area is 143 Å². The summed E-state index contributed by atoms with van der Waals surface area (Å²) in [5.74, 6) is 0.216. The average molecular weight is 324 g/mol. The molecule has 0 radical (unpaired) electrons. The Kier molecular flexibility index (Phi) is 4.07. The van der Waals surface area contributed by atoms with Gasteiger partial charge in [0, 0.05) is 36.5 Å². The van der Waals surface area contributed by atoms with Gasteiger partial charge in [-0.25, -0.2) is 0 Å². The molecule has 1 aliphatic carbocycles. The van der Waals surface area contributed by atoms with Gasteiger partial charge >= 0.3 is 0 Å². The van der Waals surface area contributed by atoms with Crippen LogP contribution in [0, 0.1) is 11.3 Å². The van der Waals surface area contributed by atoms with Crippen molar-refractivity contribution in [2.75, 3.05) is 13.2 Å². The maximum Gasteiger partial charge on any atom is 0.168 e. The molecule has 0 atom stereocenters. The zero-order valence-electron chi connectivity index (χ0n) is 14.3. The summed E-state index contributed by atoms with van der Waals surface area (Å²) >= 11 is 0. The van der Waals surface area contributed by atoms with Crippen molar-refractivity contribution in [1.29, 1.82) is 5.26 Å². The number of hydrogen-bond acceptors (Lipinski definition) is 3. The van der Waals surface area contributed by atoms with Gasteiger partial charge in [-0.2, -0.15) is 5.26 Å². The minimum absolute atomic E-state index is 0.309. The Morgan fingerprint density at radius 1 is 1.25 bits per heavy atom. The first-order valence-corrected chi connectivity index (χ1v) is 9.05. The van der Waals surface area contributed by atoms with Gasteiger partial charge in [-0.05, 0) is 48.9 Å². The zero-order valence-corrected chi connectivity index (χ0v) is 14.3. The fraction of sp³-hybridized carbons (Fsp3) is 0.550. The molecule has 126 valence electrons. The minimum atomic E-state index is -0.309. The highest BCUT2D eigenvalue weighted by Crippen LogP contribution is 2.44. The summed E-state index contributed by atoms with van der Waals surface area (Å²) in [6.07, 6.45) is 7.53. The van der Waals surface area contributed by atoms with E-state index >= 15 is 0 Å². The quantitative estimate of drug-likeness (QED) is 0.844. The molecule has 1 aliphatic heterocycles. The molecule has 2 aromatic rings. The fourth-order valence-corrected chi connectivity index (χ4v) is 4.30. The number of nitrogens with zero attached hydrogens (tertiary/aromatic N) is 2. The molecular weight excluding hydrogens is 300 g/mol. The van der Waals surface area contributed by atoms with Crippen LogP contribution in [-0.2, 0) is 16.0 Å². The number of ether oxygens (including phenoxy) is 2. The lowest BCUT2D eigenvalue weighted by atomic mass is 9.81. The van der Waals surface area contributed by atoms with Crippen molar-refractivity contribution in [2.24, 2.45) is 0 Å². The molecule has 1 spiro atoms. The summed E-state index contributed by atoms with van der Waals surface area (Å²) in [6, 6.07) is 8.36. The first-order valence-electron chi connectivity index (χ1n) is 9.05. The van der Waals surface area contributed by atoms with Gasteiger partial charge in [0.2, 0.25) is 0 Å². The second kappa shape index (κ2) is 6.23. The number of aromatic nitrogens is 1. The van der Waals surface area contributed by atoms with E-state index in [9.17, 15) is 5.26 Å². The third-order valence-corrected chi connectivity index (χ3v) is 5.51. The van der Waals surface area contributed by atoms with E-state index in [-0.39, 0.29) is 5.79 Å². The summed E-state index contributed by atoms with van der Waals surface area (Å²) in [7, 11) is 0. The standard InChI is InChI=1S/C20H24N2O2/c1-2-9-22-14-18(17-12-15(13-21)3-4-19(17)22)16-5-7-20(8-6-16)23-10-11-24-20/h3-4,12,14,16H,2,5-11H2,1H3. The van der Waals surface area contributed by atoms with Crippen LogP contribution in [0.4, 0.5) is 0 Å². The number of benzene rings is 1. The zero-order chi connectivity index (χ0) is 16.6. The van der Waals surface area contributed by atoms with Crippen LogP contribution in [-0.4, -0.2) is 23.6 Å². The predicted octanol–water partition coefficient (Wildman–Crippen LogP) is 4.32. The van der Waals surface area contributed by atoms with E-state index in [1.165, 1.54) is 16.5 Å². The molecule has 1 saturated heterocycles. The third kappa shape index (κ3) is 2.62. The Morgan fingerprint density at radius 3 is 2.67 bits per heavy atom. The molecule has 4 rings (SSSR count). The average Bonchev–Trinajstić information content (AvgIpc) is 3.21. The molecule has 0 unspecified atom stereocenters. The Morgan fingerprint density at radius 2 is 2.00 bits per heavy atom. The van der Waals surface area contributed by atoms with E-state index in [1.54, 1.807) is 0 Å². The maximum atomic E-state index is 9.26. The fourth-order valence-electron chi connectivity index (χ4n) is 4.30. The molecule has 2 aliphatic rings. The van der Waals surface area contributed by atoms with Crippen molar-refractivity contribution in [3.8, 4) is 6.07 Å². The molecular formula is C20H24N2O2. The topological polar surface area (TPSA) is 47.2 Å². The lowest BCUT2D eigenvalue weighted by Crippen LogP contribution is -2.34. The normalized spacial score (nSPS) is 20.7. The van der Waals surface area contributed by atoms with Gasteiger partial charge in [-0.15, -0.1) is 0 Å². The van der Waals surface area contributed by atoms with E-state index < -0.39 is 0 Å². The van der Waals surface area contributed by atoms with Crippen molar-refractivity contribution >= 4 is 10.9 Å². The second-order valence-electron chi connectivity index (χ2n) is 7.00. The van der Waals surface area contributed by atoms with Gasteiger partial charge in [0.15, 0.2) is 5.79 Å². The van der Waals surface area contributed by atoms with Crippen molar-refractivity contribution in [2.45, 2.75) is 57.3 Å². The monoisotopic (exact) mass is 324 g/mol. The van der Waals surface area contributed by atoms with Crippen molar-refractivity contribution in [3.63, 3.8) is 0 Å². The van der Waals surface area contributed by atoms with Crippen LogP contribution in [0.1, 0.15) is 56.1 Å². The second-order valence-corrected chi connectivity index (χ2v) is 7.00. The molecule has 0 N–H and O–H groups in total. The molecule has 1 aromatic heterocycles. The molecule has 4 nitrogen and oxygen atoms in total. The van der Waals surface area contributed by atoms with Crippen LogP contribution in [0.3, 0.4) is 0 Å². The lowest BCUT2D eigenvalue weighted by Gasteiger charge is -2.35. The minimum Gasteiger partial charge on any atom is -0.348 e. The van der Waals surface area contributed by atoms with Gasteiger partial charge in [-0.3, -0.25) is 0 Å². The van der Waals surface area contributed by atoms with E-state index in [2.05, 4.69) is 35.9 Å². The van der Waals surface area contributed by atoms with Gasteiger partial charge < -0.3 is 14.0 Å². The smallest absolute Gasteiger partial charge is 0.168 e.